The van der Waals surface area contributed by atoms with E-state index in [-0.39, 0.29) is 11.9 Å². The molecule has 0 aliphatic carbocycles. The van der Waals surface area contributed by atoms with Crippen LogP contribution in [0.4, 0.5) is 11.6 Å². The van der Waals surface area contributed by atoms with Gasteiger partial charge in [-0.05, 0) is 18.6 Å². The summed E-state index contributed by atoms with van der Waals surface area (Å²) in [5.74, 6) is 1.48. The Morgan fingerprint density at radius 1 is 1.23 bits per heavy atom. The fourth-order valence-electron chi connectivity index (χ4n) is 3.20. The fourth-order valence-corrected chi connectivity index (χ4v) is 3.20. The third-order valence-electron chi connectivity index (χ3n) is 4.58. The van der Waals surface area contributed by atoms with E-state index in [1.165, 1.54) is 6.20 Å². The van der Waals surface area contributed by atoms with Crippen LogP contribution in [0.3, 0.4) is 0 Å². The van der Waals surface area contributed by atoms with Gasteiger partial charge in [0.2, 0.25) is 0 Å². The van der Waals surface area contributed by atoms with Crippen molar-refractivity contribution in [2.45, 2.75) is 12.5 Å². The van der Waals surface area contributed by atoms with Crippen molar-refractivity contribution in [2.24, 2.45) is 0 Å². The van der Waals surface area contributed by atoms with Crippen molar-refractivity contribution in [3.05, 3.63) is 48.8 Å². The van der Waals surface area contributed by atoms with E-state index < -0.39 is 0 Å². The SMILES string of the molecule is CN(C)c1cnc(C(=O)N[C@H]2CCN(c3nccn4cccc34)C2)cn1. The van der Waals surface area contributed by atoms with Crippen molar-refractivity contribution in [3.8, 4) is 0 Å². The van der Waals surface area contributed by atoms with Crippen LogP contribution in [-0.4, -0.2) is 58.5 Å². The number of aromatic nitrogens is 4. The summed E-state index contributed by atoms with van der Waals surface area (Å²) < 4.78 is 2.05. The minimum absolute atomic E-state index is 0.0647. The van der Waals surface area contributed by atoms with Crippen LogP contribution >= 0.6 is 0 Å². The van der Waals surface area contributed by atoms with Crippen LogP contribution in [0.25, 0.3) is 5.52 Å². The summed E-state index contributed by atoms with van der Waals surface area (Å²) in [6, 6.07) is 4.12. The number of hydrogen-bond acceptors (Lipinski definition) is 6. The lowest BCUT2D eigenvalue weighted by Gasteiger charge is -2.19. The van der Waals surface area contributed by atoms with Crippen molar-refractivity contribution >= 4 is 23.1 Å². The maximum absolute atomic E-state index is 12.4. The van der Waals surface area contributed by atoms with Gasteiger partial charge in [0.25, 0.3) is 5.91 Å². The molecule has 1 saturated heterocycles. The monoisotopic (exact) mass is 351 g/mol. The molecule has 26 heavy (non-hydrogen) atoms. The van der Waals surface area contributed by atoms with E-state index in [1.807, 2.05) is 37.5 Å². The third-order valence-corrected chi connectivity index (χ3v) is 4.58. The van der Waals surface area contributed by atoms with Crippen LogP contribution in [0, 0.1) is 0 Å². The number of carbonyl (C=O) groups excluding carboxylic acids is 1. The second kappa shape index (κ2) is 6.62. The first-order valence-electron chi connectivity index (χ1n) is 8.58. The molecule has 0 aromatic carbocycles. The minimum atomic E-state index is -0.191. The molecular weight excluding hydrogens is 330 g/mol. The van der Waals surface area contributed by atoms with Gasteiger partial charge in [-0.1, -0.05) is 0 Å². The number of rotatable bonds is 4. The van der Waals surface area contributed by atoms with E-state index in [9.17, 15) is 4.79 Å². The Morgan fingerprint density at radius 3 is 2.88 bits per heavy atom. The van der Waals surface area contributed by atoms with Gasteiger partial charge >= 0.3 is 0 Å². The highest BCUT2D eigenvalue weighted by Crippen LogP contribution is 2.23. The van der Waals surface area contributed by atoms with Crippen molar-refractivity contribution < 1.29 is 4.79 Å². The predicted octanol–water partition coefficient (Wildman–Crippen LogP) is 1.20. The molecule has 0 unspecified atom stereocenters. The van der Waals surface area contributed by atoms with Gasteiger partial charge < -0.3 is 19.5 Å². The molecule has 1 amide bonds. The molecule has 0 radical (unpaired) electrons. The zero-order valence-electron chi connectivity index (χ0n) is 14.8. The van der Waals surface area contributed by atoms with Gasteiger partial charge in [-0.3, -0.25) is 4.79 Å². The Balaban J connectivity index is 1.42. The van der Waals surface area contributed by atoms with E-state index >= 15 is 0 Å². The van der Waals surface area contributed by atoms with Crippen molar-refractivity contribution in [2.75, 3.05) is 37.0 Å². The average Bonchev–Trinajstić information content (AvgIpc) is 3.30. The molecular formula is C18H21N7O. The van der Waals surface area contributed by atoms with Crippen LogP contribution < -0.4 is 15.1 Å². The number of anilines is 2. The van der Waals surface area contributed by atoms with Crippen molar-refractivity contribution in [1.29, 1.82) is 0 Å². The first-order valence-corrected chi connectivity index (χ1v) is 8.58. The number of amides is 1. The molecule has 1 aliphatic heterocycles. The van der Waals surface area contributed by atoms with Crippen LogP contribution in [0.1, 0.15) is 16.9 Å². The fraction of sp³-hybridized carbons (Fsp3) is 0.333. The second-order valence-electron chi connectivity index (χ2n) is 6.61. The van der Waals surface area contributed by atoms with Gasteiger partial charge in [-0.2, -0.15) is 0 Å². The summed E-state index contributed by atoms with van der Waals surface area (Å²) in [6.07, 6.45) is 9.73. The minimum Gasteiger partial charge on any atom is -0.361 e. The number of carbonyl (C=O) groups is 1. The quantitative estimate of drug-likeness (QED) is 0.761. The second-order valence-corrected chi connectivity index (χ2v) is 6.61. The molecule has 0 bridgehead atoms. The Bertz CT molecular complexity index is 919. The summed E-state index contributed by atoms with van der Waals surface area (Å²) in [5.41, 5.74) is 1.41. The summed E-state index contributed by atoms with van der Waals surface area (Å²) >= 11 is 0. The first-order chi connectivity index (χ1) is 12.6. The highest BCUT2D eigenvalue weighted by molar-refractivity contribution is 5.92. The van der Waals surface area contributed by atoms with E-state index in [0.29, 0.717) is 5.69 Å². The number of hydrogen-bond donors (Lipinski definition) is 1. The van der Waals surface area contributed by atoms with Crippen LogP contribution in [0.15, 0.2) is 43.1 Å². The van der Waals surface area contributed by atoms with Gasteiger partial charge in [-0.15, -0.1) is 0 Å². The molecule has 8 nitrogen and oxygen atoms in total. The Hall–Kier alpha value is -3.16. The van der Waals surface area contributed by atoms with E-state index in [2.05, 4.69) is 35.6 Å². The number of fused-ring (bicyclic) bond motifs is 1. The zero-order chi connectivity index (χ0) is 18.1. The highest BCUT2D eigenvalue weighted by Gasteiger charge is 2.26. The van der Waals surface area contributed by atoms with E-state index in [4.69, 9.17) is 0 Å². The van der Waals surface area contributed by atoms with Gasteiger partial charge in [0, 0.05) is 51.8 Å². The number of nitrogens with zero attached hydrogens (tertiary/aromatic N) is 6. The molecule has 1 fully saturated rings. The Morgan fingerprint density at radius 2 is 2.12 bits per heavy atom. The van der Waals surface area contributed by atoms with Gasteiger partial charge in [0.05, 0.1) is 17.9 Å². The van der Waals surface area contributed by atoms with Gasteiger partial charge in [-0.25, -0.2) is 15.0 Å². The van der Waals surface area contributed by atoms with Gasteiger partial charge in [0.1, 0.15) is 11.5 Å². The van der Waals surface area contributed by atoms with E-state index in [0.717, 1.165) is 36.7 Å². The summed E-state index contributed by atoms with van der Waals surface area (Å²) in [4.78, 5) is 29.5. The first kappa shape index (κ1) is 16.3. The maximum atomic E-state index is 12.4. The Kier molecular flexibility index (Phi) is 4.16. The van der Waals surface area contributed by atoms with E-state index in [1.54, 1.807) is 12.4 Å². The van der Waals surface area contributed by atoms with Crippen LogP contribution in [0.2, 0.25) is 0 Å². The average molecular weight is 351 g/mol. The maximum Gasteiger partial charge on any atom is 0.271 e. The third kappa shape index (κ3) is 3.05. The highest BCUT2D eigenvalue weighted by atomic mass is 16.2. The van der Waals surface area contributed by atoms with Gasteiger partial charge in [0.15, 0.2) is 5.82 Å². The molecule has 3 aromatic heterocycles. The topological polar surface area (TPSA) is 78.7 Å². The molecule has 134 valence electrons. The number of nitrogens with one attached hydrogen (secondary N) is 1. The summed E-state index contributed by atoms with van der Waals surface area (Å²) in [6.45, 7) is 1.58. The lowest BCUT2D eigenvalue weighted by Crippen LogP contribution is -2.37. The molecule has 0 saturated carbocycles. The smallest absolute Gasteiger partial charge is 0.271 e. The molecule has 4 rings (SSSR count). The lowest BCUT2D eigenvalue weighted by molar-refractivity contribution is 0.0935. The molecule has 0 spiro atoms. The lowest BCUT2D eigenvalue weighted by atomic mass is 10.2. The molecule has 1 N–H and O–H groups in total. The molecule has 1 atom stereocenters. The molecule has 4 heterocycles. The largest absolute Gasteiger partial charge is 0.361 e. The standard InChI is InChI=1S/C18H21N7O/c1-23(2)16-11-20-14(10-21-16)18(26)22-13-5-8-25(12-13)17-15-4-3-7-24(15)9-6-19-17/h3-4,6-7,9-11,13H,5,8,12H2,1-2H3,(H,22,26)/t13-/m0/s1. The molecule has 1 aliphatic rings. The normalized spacial score (nSPS) is 16.8. The Labute approximate surface area is 151 Å². The van der Waals surface area contributed by atoms with Crippen LogP contribution in [0.5, 0.6) is 0 Å². The summed E-state index contributed by atoms with van der Waals surface area (Å²) in [5, 5.41) is 3.05. The predicted molar refractivity (Wildman–Crippen MR) is 99.6 cm³/mol. The van der Waals surface area contributed by atoms with Crippen molar-refractivity contribution in [3.63, 3.8) is 0 Å². The molecule has 3 aromatic rings. The molecule has 8 heteroatoms. The van der Waals surface area contributed by atoms with Crippen molar-refractivity contribution in [1.82, 2.24) is 24.7 Å². The zero-order valence-corrected chi connectivity index (χ0v) is 14.8. The van der Waals surface area contributed by atoms with Crippen LogP contribution in [-0.2, 0) is 0 Å². The summed E-state index contributed by atoms with van der Waals surface area (Å²) in [7, 11) is 3.77.